The van der Waals surface area contributed by atoms with Crippen LogP contribution in [0.4, 0.5) is 0 Å². The second-order valence-electron chi connectivity index (χ2n) is 9.54. The van der Waals surface area contributed by atoms with Crippen molar-refractivity contribution >= 4 is 40.6 Å². The first-order valence-electron chi connectivity index (χ1n) is 13.2. The minimum Gasteiger partial charge on any atom is -0.497 e. The number of carbonyl (C=O) groups excluding carboxylic acids is 1. The summed E-state index contributed by atoms with van der Waals surface area (Å²) in [5.41, 5.74) is -0.988. The van der Waals surface area contributed by atoms with Crippen molar-refractivity contribution in [3.05, 3.63) is 64.0 Å². The minimum atomic E-state index is -1.26. The lowest BCUT2D eigenvalue weighted by Gasteiger charge is -2.20. The maximum absolute atomic E-state index is 13.4. The number of carboxylic acid groups (broad SMARTS) is 4. The Morgan fingerprint density at radius 1 is 0.711 bits per heavy atom. The summed E-state index contributed by atoms with van der Waals surface area (Å²) in [5, 5.41) is 36.7. The number of carbonyl (C=O) groups is 5. The van der Waals surface area contributed by atoms with Crippen LogP contribution in [0, 0.1) is 0 Å². The van der Waals surface area contributed by atoms with Gasteiger partial charge in [0.05, 0.1) is 33.3 Å². The lowest BCUT2D eigenvalue weighted by Crippen LogP contribution is -2.37. The number of carboxylic acids is 4. The summed E-state index contributed by atoms with van der Waals surface area (Å²) >= 11 is 0. The third-order valence-electron chi connectivity index (χ3n) is 6.16. The van der Waals surface area contributed by atoms with Crippen LogP contribution in [0.1, 0.15) is 15.9 Å². The highest BCUT2D eigenvalue weighted by Crippen LogP contribution is 2.30. The molecule has 0 amide bonds. The van der Waals surface area contributed by atoms with Gasteiger partial charge in [-0.15, -0.1) is 0 Å². The van der Waals surface area contributed by atoms with Crippen molar-refractivity contribution in [2.45, 2.75) is 0 Å². The van der Waals surface area contributed by atoms with Crippen molar-refractivity contribution < 1.29 is 63.0 Å². The Kier molecular flexibility index (Phi) is 12.0. The Labute approximate surface area is 254 Å². The van der Waals surface area contributed by atoms with E-state index >= 15 is 0 Å². The van der Waals surface area contributed by atoms with Crippen molar-refractivity contribution in [3.8, 4) is 17.2 Å². The molecule has 0 saturated carbocycles. The van der Waals surface area contributed by atoms with Crippen LogP contribution in [-0.2, 0) is 19.2 Å². The molecule has 0 spiro atoms. The predicted molar refractivity (Wildman–Crippen MR) is 153 cm³/mol. The monoisotopic (exact) mass is 630 g/mol. The van der Waals surface area contributed by atoms with Crippen LogP contribution in [0.2, 0.25) is 0 Å². The normalized spacial score (nSPS) is 11.0. The van der Waals surface area contributed by atoms with Gasteiger partial charge in [0.25, 0.3) is 0 Å². The fourth-order valence-electron chi connectivity index (χ4n) is 4.18. The molecular weight excluding hydrogens is 600 g/mol. The van der Waals surface area contributed by atoms with E-state index in [9.17, 15) is 28.8 Å². The van der Waals surface area contributed by atoms with E-state index in [2.05, 4.69) is 0 Å². The number of nitrogens with zero attached hydrogens (tertiary/aromatic N) is 2. The number of benzene rings is 2. The van der Waals surface area contributed by atoms with Gasteiger partial charge in [0.15, 0.2) is 11.5 Å². The second kappa shape index (κ2) is 15.8. The van der Waals surface area contributed by atoms with Crippen LogP contribution in [0.5, 0.6) is 17.2 Å². The van der Waals surface area contributed by atoms with Crippen molar-refractivity contribution in [1.82, 2.24) is 9.80 Å². The molecule has 0 atom stereocenters. The van der Waals surface area contributed by atoms with Gasteiger partial charge in [-0.1, -0.05) is 0 Å². The number of rotatable bonds is 19. The molecule has 0 aliphatic rings. The number of methoxy groups -OCH3 is 1. The summed E-state index contributed by atoms with van der Waals surface area (Å²) in [5.74, 6) is -5.25. The number of hydrogen-bond acceptors (Lipinski definition) is 12. The van der Waals surface area contributed by atoms with E-state index in [1.807, 2.05) is 0 Å². The average Bonchev–Trinajstić information content (AvgIpc) is 2.95. The zero-order valence-electron chi connectivity index (χ0n) is 24.0. The molecular formula is C29H30N2O14. The number of ketones is 1. The van der Waals surface area contributed by atoms with Crippen LogP contribution in [0.15, 0.2) is 51.7 Å². The minimum absolute atomic E-state index is 0.0104. The van der Waals surface area contributed by atoms with Gasteiger partial charge in [0.2, 0.25) is 5.78 Å². The maximum Gasteiger partial charge on any atom is 0.347 e. The van der Waals surface area contributed by atoms with E-state index < -0.39 is 61.5 Å². The Balaban J connectivity index is 1.88. The molecule has 2 aromatic carbocycles. The molecule has 16 nitrogen and oxygen atoms in total. The van der Waals surface area contributed by atoms with Gasteiger partial charge in [-0.2, -0.15) is 0 Å². The Morgan fingerprint density at radius 3 is 1.76 bits per heavy atom. The highest BCUT2D eigenvalue weighted by Gasteiger charge is 2.20. The van der Waals surface area contributed by atoms with E-state index in [1.54, 1.807) is 12.1 Å². The third-order valence-corrected chi connectivity index (χ3v) is 6.16. The standard InChI is InChI=1S/C29H30N2O14/c1-42-19-4-2-17-10-20(29(41)45-22(17)12-19)28(40)18-3-5-21(43-8-6-30(13-24(32)33)14-25(34)35)23(11-18)44-9-7-31(15-26(36)37)16-27(38)39/h2-5,10-12H,6-9,13-16H2,1H3,(H,32,33)(H,34,35)(H,36,37)(H,38,39). The molecule has 4 N–H and O–H groups in total. The summed E-state index contributed by atoms with van der Waals surface area (Å²) in [7, 11) is 1.45. The summed E-state index contributed by atoms with van der Waals surface area (Å²) in [4.78, 5) is 72.8. The molecule has 240 valence electrons. The molecule has 3 aromatic rings. The highest BCUT2D eigenvalue weighted by molar-refractivity contribution is 6.10. The van der Waals surface area contributed by atoms with E-state index in [4.69, 9.17) is 39.1 Å². The number of fused-ring (bicyclic) bond motifs is 1. The van der Waals surface area contributed by atoms with Crippen molar-refractivity contribution in [2.24, 2.45) is 0 Å². The second-order valence-corrected chi connectivity index (χ2v) is 9.54. The Hall–Kier alpha value is -5.48. The topological polar surface area (TPSA) is 231 Å². The van der Waals surface area contributed by atoms with Crippen LogP contribution >= 0.6 is 0 Å². The number of hydrogen-bond donors (Lipinski definition) is 4. The van der Waals surface area contributed by atoms with Crippen LogP contribution in [-0.4, -0.2) is 119 Å². The molecule has 16 heteroatoms. The lowest BCUT2D eigenvalue weighted by atomic mass is 10.0. The van der Waals surface area contributed by atoms with Gasteiger partial charge in [-0.3, -0.25) is 33.8 Å². The van der Waals surface area contributed by atoms with Crippen LogP contribution in [0.25, 0.3) is 11.0 Å². The maximum atomic E-state index is 13.4. The van der Waals surface area contributed by atoms with Gasteiger partial charge in [0, 0.05) is 30.1 Å². The molecule has 0 aliphatic heterocycles. The molecule has 0 bridgehead atoms. The predicted octanol–water partition coefficient (Wildman–Crippen LogP) is 0.733. The number of aliphatic carboxylic acids is 4. The first-order chi connectivity index (χ1) is 21.4. The lowest BCUT2D eigenvalue weighted by molar-refractivity contribution is -0.143. The molecule has 0 unspecified atom stereocenters. The van der Waals surface area contributed by atoms with Crippen LogP contribution < -0.4 is 19.8 Å². The van der Waals surface area contributed by atoms with E-state index in [1.165, 1.54) is 37.4 Å². The smallest absolute Gasteiger partial charge is 0.347 e. The molecule has 1 aromatic heterocycles. The average molecular weight is 631 g/mol. The largest absolute Gasteiger partial charge is 0.497 e. The molecule has 0 radical (unpaired) electrons. The quantitative estimate of drug-likeness (QED) is 0.106. The third kappa shape index (κ3) is 10.3. The molecule has 0 aliphatic carbocycles. The molecule has 1 heterocycles. The van der Waals surface area contributed by atoms with Crippen molar-refractivity contribution in [1.29, 1.82) is 0 Å². The van der Waals surface area contributed by atoms with Gasteiger partial charge in [0.1, 0.15) is 30.1 Å². The zero-order chi connectivity index (χ0) is 33.1. The van der Waals surface area contributed by atoms with Gasteiger partial charge in [-0.25, -0.2) is 4.79 Å². The first kappa shape index (κ1) is 34.0. The van der Waals surface area contributed by atoms with Crippen molar-refractivity contribution in [3.63, 3.8) is 0 Å². The molecule has 0 fully saturated rings. The van der Waals surface area contributed by atoms with Crippen molar-refractivity contribution in [2.75, 3.05) is 59.6 Å². The Morgan fingerprint density at radius 2 is 1.24 bits per heavy atom. The van der Waals surface area contributed by atoms with E-state index in [0.717, 1.165) is 9.80 Å². The van der Waals surface area contributed by atoms with Gasteiger partial charge >= 0.3 is 29.5 Å². The Bertz CT molecular complexity index is 1600. The SMILES string of the molecule is COc1ccc2cc(C(=O)c3ccc(OCCN(CC(=O)O)CC(=O)O)c(OCCN(CC(=O)O)CC(=O)O)c3)c(=O)oc2c1. The van der Waals surface area contributed by atoms with Gasteiger partial charge in [-0.05, 0) is 36.4 Å². The summed E-state index contributed by atoms with van der Waals surface area (Å²) < 4.78 is 21.9. The zero-order valence-corrected chi connectivity index (χ0v) is 24.0. The molecule has 45 heavy (non-hydrogen) atoms. The summed E-state index contributed by atoms with van der Waals surface area (Å²) in [6, 6.07) is 10.0. The summed E-state index contributed by atoms with van der Waals surface area (Å²) in [6.45, 7) is -2.95. The van der Waals surface area contributed by atoms with E-state index in [-0.39, 0.29) is 54.5 Å². The van der Waals surface area contributed by atoms with Gasteiger partial charge < -0.3 is 39.1 Å². The highest BCUT2D eigenvalue weighted by atomic mass is 16.5. The molecule has 0 saturated heterocycles. The summed E-state index contributed by atoms with van der Waals surface area (Å²) in [6.07, 6.45) is 0. The molecule has 3 rings (SSSR count). The fraction of sp³-hybridized carbons (Fsp3) is 0.310. The van der Waals surface area contributed by atoms with E-state index in [0.29, 0.717) is 11.1 Å². The first-order valence-corrected chi connectivity index (χ1v) is 13.2. The van der Waals surface area contributed by atoms with Crippen LogP contribution in [0.3, 0.4) is 0 Å². The number of ether oxygens (including phenoxy) is 3. The fourth-order valence-corrected chi connectivity index (χ4v) is 4.18.